The number of hydrogen-bond acceptors (Lipinski definition) is 6. The summed E-state index contributed by atoms with van der Waals surface area (Å²) < 4.78 is 18.0. The van der Waals surface area contributed by atoms with Crippen LogP contribution in [0.15, 0.2) is 24.8 Å². The molecule has 2 heterocycles. The van der Waals surface area contributed by atoms with Crippen molar-refractivity contribution in [3.8, 4) is 22.9 Å². The predicted molar refractivity (Wildman–Crippen MR) is 81.1 cm³/mol. The molecular weight excluding hydrogens is 284 g/mol. The number of ether oxygens (including phenoxy) is 3. The van der Waals surface area contributed by atoms with Gasteiger partial charge < -0.3 is 14.2 Å². The van der Waals surface area contributed by atoms with Crippen molar-refractivity contribution in [2.45, 2.75) is 6.92 Å². The van der Waals surface area contributed by atoms with E-state index in [9.17, 15) is 0 Å². The molecule has 7 nitrogen and oxygen atoms in total. The van der Waals surface area contributed by atoms with Crippen LogP contribution in [0.3, 0.4) is 0 Å². The average Bonchev–Trinajstić information content (AvgIpc) is 2.98. The zero-order valence-electron chi connectivity index (χ0n) is 12.8. The lowest BCUT2D eigenvalue weighted by molar-refractivity contribution is 0.324. The first-order chi connectivity index (χ1) is 10.7. The van der Waals surface area contributed by atoms with E-state index in [0.29, 0.717) is 17.2 Å². The number of nitrogens with zero attached hydrogens (tertiary/aromatic N) is 4. The minimum Gasteiger partial charge on any atom is -0.493 e. The smallest absolute Gasteiger partial charge is 0.203 e. The molecular formula is C15H16N4O3. The number of aromatic nitrogens is 4. The third-order valence-electron chi connectivity index (χ3n) is 3.44. The van der Waals surface area contributed by atoms with Gasteiger partial charge in [0.1, 0.15) is 18.2 Å². The molecule has 3 rings (SSSR count). The van der Waals surface area contributed by atoms with Crippen molar-refractivity contribution in [3.63, 3.8) is 0 Å². The first-order valence-corrected chi connectivity index (χ1v) is 6.64. The Bertz CT molecular complexity index is 804. The van der Waals surface area contributed by atoms with Crippen molar-refractivity contribution >= 4 is 11.2 Å². The standard InChI is InChI=1S/C15H16N4O3/c1-9-13-15(17-7-16-9)19(8-18-13)10-5-11(20-2)14(22-4)12(6-10)21-3/h5-8H,1-4H3. The molecule has 2 aromatic heterocycles. The lowest BCUT2D eigenvalue weighted by Gasteiger charge is -2.14. The van der Waals surface area contributed by atoms with Crippen LogP contribution >= 0.6 is 0 Å². The Morgan fingerprint density at radius 3 is 2.18 bits per heavy atom. The summed E-state index contributed by atoms with van der Waals surface area (Å²) in [5.74, 6) is 1.69. The van der Waals surface area contributed by atoms with Crippen molar-refractivity contribution in [1.29, 1.82) is 0 Å². The molecule has 22 heavy (non-hydrogen) atoms. The van der Waals surface area contributed by atoms with Crippen LogP contribution in [0.4, 0.5) is 0 Å². The van der Waals surface area contributed by atoms with Crippen molar-refractivity contribution in [2.75, 3.05) is 21.3 Å². The maximum atomic E-state index is 5.38. The molecule has 0 spiro atoms. The van der Waals surface area contributed by atoms with E-state index in [1.54, 1.807) is 27.7 Å². The number of imidazole rings is 1. The highest BCUT2D eigenvalue weighted by Gasteiger charge is 2.16. The Balaban J connectivity index is 2.24. The zero-order chi connectivity index (χ0) is 15.7. The van der Waals surface area contributed by atoms with Gasteiger partial charge in [0, 0.05) is 12.1 Å². The van der Waals surface area contributed by atoms with Crippen LogP contribution in [0.1, 0.15) is 5.69 Å². The number of aryl methyl sites for hydroxylation is 1. The highest BCUT2D eigenvalue weighted by atomic mass is 16.5. The molecule has 0 saturated carbocycles. The maximum absolute atomic E-state index is 5.38. The largest absolute Gasteiger partial charge is 0.493 e. The van der Waals surface area contributed by atoms with Crippen molar-refractivity contribution in [3.05, 3.63) is 30.5 Å². The number of methoxy groups -OCH3 is 3. The Morgan fingerprint density at radius 2 is 1.59 bits per heavy atom. The fourth-order valence-corrected chi connectivity index (χ4v) is 2.35. The molecule has 7 heteroatoms. The van der Waals surface area contributed by atoms with Crippen molar-refractivity contribution in [1.82, 2.24) is 19.5 Å². The third kappa shape index (κ3) is 2.11. The number of hydrogen-bond donors (Lipinski definition) is 0. The summed E-state index contributed by atoms with van der Waals surface area (Å²) in [7, 11) is 4.74. The highest BCUT2D eigenvalue weighted by Crippen LogP contribution is 2.39. The van der Waals surface area contributed by atoms with Crippen LogP contribution < -0.4 is 14.2 Å². The van der Waals surface area contributed by atoms with Gasteiger partial charge in [-0.2, -0.15) is 0 Å². The summed E-state index contributed by atoms with van der Waals surface area (Å²) in [6, 6.07) is 3.69. The highest BCUT2D eigenvalue weighted by molar-refractivity contribution is 5.75. The van der Waals surface area contributed by atoms with E-state index in [4.69, 9.17) is 14.2 Å². The van der Waals surface area contributed by atoms with E-state index >= 15 is 0 Å². The lowest BCUT2D eigenvalue weighted by Crippen LogP contribution is -2.00. The fraction of sp³-hybridized carbons (Fsp3) is 0.267. The second-order valence-corrected chi connectivity index (χ2v) is 4.63. The maximum Gasteiger partial charge on any atom is 0.203 e. The fourth-order valence-electron chi connectivity index (χ4n) is 2.35. The molecule has 0 unspecified atom stereocenters. The van der Waals surface area contributed by atoms with Crippen molar-refractivity contribution < 1.29 is 14.2 Å². The summed E-state index contributed by atoms with van der Waals surface area (Å²) in [6.45, 7) is 1.90. The normalized spacial score (nSPS) is 10.7. The molecule has 0 aliphatic heterocycles. The second-order valence-electron chi connectivity index (χ2n) is 4.63. The second kappa shape index (κ2) is 5.51. The summed E-state index contributed by atoms with van der Waals surface area (Å²) in [5, 5.41) is 0. The molecule has 0 amide bonds. The van der Waals surface area contributed by atoms with Gasteiger partial charge in [-0.25, -0.2) is 15.0 Å². The van der Waals surface area contributed by atoms with Crippen LogP contribution in [0.5, 0.6) is 17.2 Å². The van der Waals surface area contributed by atoms with Gasteiger partial charge in [0.05, 0.1) is 32.7 Å². The molecule has 3 aromatic rings. The molecule has 0 radical (unpaired) electrons. The topological polar surface area (TPSA) is 71.3 Å². The van der Waals surface area contributed by atoms with Gasteiger partial charge in [-0.05, 0) is 6.92 Å². The first-order valence-electron chi connectivity index (χ1n) is 6.64. The number of rotatable bonds is 4. The van der Waals surface area contributed by atoms with Crippen LogP contribution in [0.25, 0.3) is 16.9 Å². The monoisotopic (exact) mass is 300 g/mol. The van der Waals surface area contributed by atoms with Crippen LogP contribution in [-0.2, 0) is 0 Å². The summed E-state index contributed by atoms with van der Waals surface area (Å²) in [4.78, 5) is 12.8. The van der Waals surface area contributed by atoms with E-state index in [1.807, 2.05) is 23.6 Å². The molecule has 0 fully saturated rings. The van der Waals surface area contributed by atoms with Gasteiger partial charge in [0.25, 0.3) is 0 Å². The van der Waals surface area contributed by atoms with Crippen LogP contribution in [-0.4, -0.2) is 40.8 Å². The van der Waals surface area contributed by atoms with Crippen molar-refractivity contribution in [2.24, 2.45) is 0 Å². The molecule has 0 bridgehead atoms. The van der Waals surface area contributed by atoms with E-state index in [0.717, 1.165) is 22.5 Å². The number of fused-ring (bicyclic) bond motifs is 1. The van der Waals surface area contributed by atoms with Crippen LogP contribution in [0, 0.1) is 6.92 Å². The average molecular weight is 300 g/mol. The van der Waals surface area contributed by atoms with E-state index < -0.39 is 0 Å². The summed E-state index contributed by atoms with van der Waals surface area (Å²) >= 11 is 0. The van der Waals surface area contributed by atoms with Gasteiger partial charge in [-0.1, -0.05) is 0 Å². The molecule has 0 aliphatic rings. The van der Waals surface area contributed by atoms with Gasteiger partial charge >= 0.3 is 0 Å². The third-order valence-corrected chi connectivity index (χ3v) is 3.44. The van der Waals surface area contributed by atoms with E-state index in [2.05, 4.69) is 15.0 Å². The molecule has 0 N–H and O–H groups in total. The predicted octanol–water partition coefficient (Wildman–Crippen LogP) is 2.15. The Morgan fingerprint density at radius 1 is 0.909 bits per heavy atom. The van der Waals surface area contributed by atoms with Crippen LogP contribution in [0.2, 0.25) is 0 Å². The Kier molecular flexibility index (Phi) is 3.54. The number of benzene rings is 1. The summed E-state index contributed by atoms with van der Waals surface area (Å²) in [5.41, 5.74) is 3.13. The van der Waals surface area contributed by atoms with Gasteiger partial charge in [0.2, 0.25) is 5.75 Å². The van der Waals surface area contributed by atoms with E-state index in [1.165, 1.54) is 6.33 Å². The molecule has 0 aliphatic carbocycles. The molecule has 0 atom stereocenters. The molecule has 0 saturated heterocycles. The lowest BCUT2D eigenvalue weighted by atomic mass is 10.2. The minimum absolute atomic E-state index is 0.545. The zero-order valence-corrected chi connectivity index (χ0v) is 12.8. The quantitative estimate of drug-likeness (QED) is 0.735. The first kappa shape index (κ1) is 14.1. The summed E-state index contributed by atoms with van der Waals surface area (Å²) in [6.07, 6.45) is 3.22. The SMILES string of the molecule is COc1cc(-n2cnc3c(C)ncnc32)cc(OC)c1OC. The Hall–Kier alpha value is -2.83. The van der Waals surface area contributed by atoms with Gasteiger partial charge in [-0.3, -0.25) is 4.57 Å². The molecule has 114 valence electrons. The minimum atomic E-state index is 0.545. The Labute approximate surface area is 127 Å². The van der Waals surface area contributed by atoms with Gasteiger partial charge in [0.15, 0.2) is 17.1 Å². The van der Waals surface area contributed by atoms with Gasteiger partial charge in [-0.15, -0.1) is 0 Å². The molecule has 1 aromatic carbocycles. The van der Waals surface area contributed by atoms with E-state index in [-0.39, 0.29) is 0 Å².